The minimum absolute atomic E-state index is 0.122. The Labute approximate surface area is 132 Å². The molecular weight excluding hydrogens is 278 g/mol. The van der Waals surface area contributed by atoms with Crippen LogP contribution in [0.2, 0.25) is 0 Å². The smallest absolute Gasteiger partial charge is 0.273 e. The van der Waals surface area contributed by atoms with Gasteiger partial charge in [0.1, 0.15) is 5.76 Å². The summed E-state index contributed by atoms with van der Waals surface area (Å²) in [5.74, 6) is 1.73. The molecule has 5 nitrogen and oxygen atoms in total. The molecule has 0 saturated heterocycles. The van der Waals surface area contributed by atoms with Crippen molar-refractivity contribution in [3.05, 3.63) is 17.5 Å². The molecule has 1 aromatic heterocycles. The van der Waals surface area contributed by atoms with E-state index in [4.69, 9.17) is 10.3 Å². The van der Waals surface area contributed by atoms with Gasteiger partial charge in [-0.3, -0.25) is 4.79 Å². The van der Waals surface area contributed by atoms with Crippen molar-refractivity contribution in [2.24, 2.45) is 11.7 Å². The number of nitrogens with zero attached hydrogens (tertiary/aromatic N) is 1. The maximum atomic E-state index is 12.4. The van der Waals surface area contributed by atoms with Gasteiger partial charge in [0, 0.05) is 23.1 Å². The topological polar surface area (TPSA) is 81.2 Å². The molecule has 5 heteroatoms. The first kappa shape index (κ1) is 15.5. The van der Waals surface area contributed by atoms with Gasteiger partial charge in [0.25, 0.3) is 5.91 Å². The molecule has 2 aliphatic carbocycles. The Balaban J connectivity index is 1.58. The van der Waals surface area contributed by atoms with Crippen molar-refractivity contribution in [3.63, 3.8) is 0 Å². The van der Waals surface area contributed by atoms with Gasteiger partial charge in [-0.15, -0.1) is 0 Å². The van der Waals surface area contributed by atoms with Crippen LogP contribution in [0, 0.1) is 5.92 Å². The average molecular weight is 305 g/mol. The predicted molar refractivity (Wildman–Crippen MR) is 84.6 cm³/mol. The second kappa shape index (κ2) is 5.37. The molecule has 0 atom stereocenters. The zero-order valence-corrected chi connectivity index (χ0v) is 13.8. The molecule has 0 spiro atoms. The van der Waals surface area contributed by atoms with Crippen LogP contribution in [0.25, 0.3) is 0 Å². The van der Waals surface area contributed by atoms with Crippen molar-refractivity contribution >= 4 is 5.91 Å². The molecule has 3 N–H and O–H groups in total. The highest BCUT2D eigenvalue weighted by atomic mass is 16.5. The molecule has 3 rings (SSSR count). The van der Waals surface area contributed by atoms with Crippen LogP contribution in [0.3, 0.4) is 0 Å². The minimum atomic E-state index is -0.169. The molecule has 2 saturated carbocycles. The summed E-state index contributed by atoms with van der Waals surface area (Å²) in [7, 11) is 0. The first-order valence-electron chi connectivity index (χ1n) is 8.35. The summed E-state index contributed by atoms with van der Waals surface area (Å²) < 4.78 is 5.27. The number of hydrogen-bond donors (Lipinski definition) is 2. The second-order valence-electron chi connectivity index (χ2n) is 8.00. The molecule has 1 aromatic rings. The van der Waals surface area contributed by atoms with Gasteiger partial charge >= 0.3 is 0 Å². The molecule has 0 unspecified atom stereocenters. The summed E-state index contributed by atoms with van der Waals surface area (Å²) in [4.78, 5) is 12.4. The molecule has 122 valence electrons. The Kier molecular flexibility index (Phi) is 3.79. The lowest BCUT2D eigenvalue weighted by molar-refractivity contribution is 0.0837. The number of hydrogen-bond acceptors (Lipinski definition) is 4. The minimum Gasteiger partial charge on any atom is -0.360 e. The number of aromatic nitrogens is 1. The van der Waals surface area contributed by atoms with Gasteiger partial charge in [0.15, 0.2) is 5.69 Å². The van der Waals surface area contributed by atoms with Crippen molar-refractivity contribution in [1.29, 1.82) is 0 Å². The summed E-state index contributed by atoms with van der Waals surface area (Å²) in [6.45, 7) is 6.30. The fraction of sp³-hybridized carbons (Fsp3) is 0.765. The van der Waals surface area contributed by atoms with Crippen molar-refractivity contribution in [3.8, 4) is 0 Å². The second-order valence-corrected chi connectivity index (χ2v) is 8.00. The lowest BCUT2D eigenvalue weighted by Crippen LogP contribution is -2.52. The van der Waals surface area contributed by atoms with Crippen molar-refractivity contribution in [2.75, 3.05) is 0 Å². The third-order valence-electron chi connectivity index (χ3n) is 5.30. The molecule has 2 aliphatic rings. The molecule has 1 amide bonds. The van der Waals surface area contributed by atoms with E-state index in [0.29, 0.717) is 17.5 Å². The Morgan fingerprint density at radius 3 is 2.55 bits per heavy atom. The third-order valence-corrected chi connectivity index (χ3v) is 5.30. The SMILES string of the molecule is CC1(NC(=O)c2cc(C3CC3)on2)CCC(C(C)(C)N)CC1. The molecule has 0 aliphatic heterocycles. The normalized spacial score (nSPS) is 29.4. The summed E-state index contributed by atoms with van der Waals surface area (Å²) in [5, 5.41) is 7.08. The summed E-state index contributed by atoms with van der Waals surface area (Å²) >= 11 is 0. The zero-order chi connectivity index (χ0) is 16.0. The van der Waals surface area contributed by atoms with Crippen molar-refractivity contribution in [2.45, 2.75) is 76.3 Å². The van der Waals surface area contributed by atoms with E-state index in [0.717, 1.165) is 44.3 Å². The Morgan fingerprint density at radius 2 is 2.00 bits per heavy atom. The average Bonchev–Trinajstić information content (AvgIpc) is 3.15. The van der Waals surface area contributed by atoms with Crippen LogP contribution in [0.4, 0.5) is 0 Å². The van der Waals surface area contributed by atoms with Gasteiger partial charge in [-0.1, -0.05) is 5.16 Å². The van der Waals surface area contributed by atoms with Gasteiger partial charge in [0.2, 0.25) is 0 Å². The van der Waals surface area contributed by atoms with E-state index in [2.05, 4.69) is 31.2 Å². The van der Waals surface area contributed by atoms with E-state index < -0.39 is 0 Å². The van der Waals surface area contributed by atoms with E-state index in [1.807, 2.05) is 0 Å². The van der Waals surface area contributed by atoms with Gasteiger partial charge < -0.3 is 15.6 Å². The van der Waals surface area contributed by atoms with Crippen LogP contribution in [-0.4, -0.2) is 22.1 Å². The molecular formula is C17H27N3O2. The van der Waals surface area contributed by atoms with E-state index >= 15 is 0 Å². The molecule has 0 aromatic carbocycles. The standard InChI is InChI=1S/C17H27N3O2/c1-16(2,18)12-6-8-17(3,9-7-12)19-15(21)13-10-14(22-20-13)11-4-5-11/h10-12H,4-9,18H2,1-3H3,(H,19,21). The zero-order valence-electron chi connectivity index (χ0n) is 13.8. The van der Waals surface area contributed by atoms with E-state index in [1.54, 1.807) is 6.07 Å². The number of nitrogens with one attached hydrogen (secondary N) is 1. The largest absolute Gasteiger partial charge is 0.360 e. The van der Waals surface area contributed by atoms with Gasteiger partial charge in [-0.2, -0.15) is 0 Å². The highest BCUT2D eigenvalue weighted by Gasteiger charge is 2.37. The molecule has 0 bridgehead atoms. The predicted octanol–water partition coefficient (Wildman–Crippen LogP) is 2.97. The van der Waals surface area contributed by atoms with Crippen LogP contribution in [0.1, 0.15) is 81.5 Å². The van der Waals surface area contributed by atoms with Crippen LogP contribution in [0.5, 0.6) is 0 Å². The first-order valence-corrected chi connectivity index (χ1v) is 8.35. The maximum Gasteiger partial charge on any atom is 0.273 e. The summed E-state index contributed by atoms with van der Waals surface area (Å²) in [6.07, 6.45) is 6.29. The highest BCUT2D eigenvalue weighted by molar-refractivity contribution is 5.92. The van der Waals surface area contributed by atoms with Crippen LogP contribution < -0.4 is 11.1 Å². The lowest BCUT2D eigenvalue weighted by atomic mass is 9.71. The Morgan fingerprint density at radius 1 is 1.36 bits per heavy atom. The monoisotopic (exact) mass is 305 g/mol. The quantitative estimate of drug-likeness (QED) is 0.896. The number of amides is 1. The lowest BCUT2D eigenvalue weighted by Gasteiger charge is -2.42. The third kappa shape index (κ3) is 3.35. The van der Waals surface area contributed by atoms with Crippen LogP contribution in [-0.2, 0) is 0 Å². The maximum absolute atomic E-state index is 12.4. The fourth-order valence-corrected chi connectivity index (χ4v) is 3.42. The van der Waals surface area contributed by atoms with E-state index in [9.17, 15) is 4.79 Å². The molecule has 22 heavy (non-hydrogen) atoms. The highest BCUT2D eigenvalue weighted by Crippen LogP contribution is 2.40. The van der Waals surface area contributed by atoms with E-state index in [1.165, 1.54) is 0 Å². The number of carbonyl (C=O) groups is 1. The van der Waals surface area contributed by atoms with Gasteiger partial charge in [0.05, 0.1) is 0 Å². The molecule has 1 heterocycles. The first-order chi connectivity index (χ1) is 10.3. The van der Waals surface area contributed by atoms with Crippen LogP contribution >= 0.6 is 0 Å². The van der Waals surface area contributed by atoms with Gasteiger partial charge in [-0.05, 0) is 65.2 Å². The Bertz CT molecular complexity index is 546. The summed E-state index contributed by atoms with van der Waals surface area (Å²) in [6, 6.07) is 1.80. The number of nitrogens with two attached hydrogens (primary N) is 1. The molecule has 2 fully saturated rings. The summed E-state index contributed by atoms with van der Waals surface area (Å²) in [5.41, 5.74) is 6.31. The van der Waals surface area contributed by atoms with Crippen LogP contribution in [0.15, 0.2) is 10.6 Å². The Hall–Kier alpha value is -1.36. The number of rotatable bonds is 4. The number of carbonyl (C=O) groups excluding carboxylic acids is 1. The van der Waals surface area contributed by atoms with Gasteiger partial charge in [-0.25, -0.2) is 0 Å². The van der Waals surface area contributed by atoms with Crippen molar-refractivity contribution in [1.82, 2.24) is 10.5 Å². The fourth-order valence-electron chi connectivity index (χ4n) is 3.42. The van der Waals surface area contributed by atoms with Crippen molar-refractivity contribution < 1.29 is 9.32 Å². The molecule has 0 radical (unpaired) electrons. The van der Waals surface area contributed by atoms with E-state index in [-0.39, 0.29) is 17.0 Å².